The largest absolute Gasteiger partial charge is 0.342 e. The molecule has 6 heteroatoms. The van der Waals surface area contributed by atoms with E-state index in [1.54, 1.807) is 12.1 Å². The first-order chi connectivity index (χ1) is 12.2. The number of nitrogens with zero attached hydrogens (tertiary/aromatic N) is 3. The minimum Gasteiger partial charge on any atom is -0.342 e. The van der Waals surface area contributed by atoms with E-state index < -0.39 is 0 Å². The maximum absolute atomic E-state index is 13.1. The van der Waals surface area contributed by atoms with Crippen molar-refractivity contribution in [1.29, 1.82) is 0 Å². The fraction of sp³-hybridized carbons (Fsp3) is 0.526. The molecule has 0 bridgehead atoms. The Morgan fingerprint density at radius 3 is 2.56 bits per heavy atom. The van der Waals surface area contributed by atoms with E-state index in [2.05, 4.69) is 10.1 Å². The van der Waals surface area contributed by atoms with Crippen molar-refractivity contribution in [3.05, 3.63) is 36.0 Å². The summed E-state index contributed by atoms with van der Waals surface area (Å²) < 4.78 is 18.6. The summed E-state index contributed by atoms with van der Waals surface area (Å²) in [5.41, 5.74) is 0.717. The van der Waals surface area contributed by atoms with E-state index in [0.29, 0.717) is 11.7 Å². The Morgan fingerprint density at radius 2 is 1.80 bits per heavy atom. The molecule has 0 spiro atoms. The molecule has 1 aromatic heterocycles. The summed E-state index contributed by atoms with van der Waals surface area (Å²) in [5, 5.41) is 4.05. The molecule has 2 fully saturated rings. The molecule has 0 unspecified atom stereocenters. The predicted molar refractivity (Wildman–Crippen MR) is 90.2 cm³/mol. The van der Waals surface area contributed by atoms with Gasteiger partial charge >= 0.3 is 0 Å². The van der Waals surface area contributed by atoms with E-state index in [1.807, 2.05) is 4.90 Å². The average molecular weight is 343 g/mol. The lowest BCUT2D eigenvalue weighted by molar-refractivity contribution is -0.136. The number of likely N-dealkylation sites (tertiary alicyclic amines) is 1. The minimum absolute atomic E-state index is 0.0106. The lowest BCUT2D eigenvalue weighted by atomic mass is 9.78. The molecule has 1 amide bonds. The zero-order valence-corrected chi connectivity index (χ0v) is 14.2. The van der Waals surface area contributed by atoms with Crippen LogP contribution < -0.4 is 0 Å². The molecule has 0 radical (unpaired) electrons. The summed E-state index contributed by atoms with van der Waals surface area (Å²) in [6.45, 7) is 1.74. The van der Waals surface area contributed by atoms with Gasteiger partial charge in [0.25, 0.3) is 0 Å². The van der Waals surface area contributed by atoms with Crippen molar-refractivity contribution in [3.8, 4) is 11.4 Å². The van der Waals surface area contributed by atoms with Gasteiger partial charge in [0, 0.05) is 24.6 Å². The van der Waals surface area contributed by atoms with Crippen LogP contribution in [0.15, 0.2) is 28.8 Å². The van der Waals surface area contributed by atoms with Gasteiger partial charge in [-0.2, -0.15) is 4.98 Å². The number of carbonyl (C=O) groups excluding carboxylic acids is 1. The zero-order chi connectivity index (χ0) is 17.2. The standard InChI is InChI=1S/C19H22FN3O2/c20-14-9-7-13(8-10-14)17-21-18(25-22-17)15-5-1-2-6-16(15)19(24)23-11-3-4-12-23/h7-10,15-16H,1-6,11-12H2/t15-,16+/m0/s1. The molecule has 25 heavy (non-hydrogen) atoms. The van der Waals surface area contributed by atoms with Gasteiger partial charge < -0.3 is 9.42 Å². The van der Waals surface area contributed by atoms with E-state index in [-0.39, 0.29) is 23.6 Å². The molecule has 2 aromatic rings. The van der Waals surface area contributed by atoms with Crippen molar-refractivity contribution in [3.63, 3.8) is 0 Å². The Kier molecular flexibility index (Phi) is 4.51. The van der Waals surface area contributed by atoms with Crippen LogP contribution in [0.25, 0.3) is 11.4 Å². The number of benzene rings is 1. The van der Waals surface area contributed by atoms with Crippen LogP contribution in [0.5, 0.6) is 0 Å². The molecule has 2 atom stereocenters. The number of hydrogen-bond donors (Lipinski definition) is 0. The van der Waals surface area contributed by atoms with E-state index in [1.165, 1.54) is 12.1 Å². The summed E-state index contributed by atoms with van der Waals surface area (Å²) in [6.07, 6.45) is 6.11. The Labute approximate surface area is 146 Å². The zero-order valence-electron chi connectivity index (χ0n) is 14.2. The predicted octanol–water partition coefficient (Wildman–Crippen LogP) is 3.77. The molecule has 1 aromatic carbocycles. The molecule has 132 valence electrons. The highest BCUT2D eigenvalue weighted by Crippen LogP contribution is 2.39. The maximum Gasteiger partial charge on any atom is 0.230 e. The Bertz CT molecular complexity index is 737. The average Bonchev–Trinajstić information content (AvgIpc) is 3.34. The third-order valence-corrected chi connectivity index (χ3v) is 5.36. The number of amides is 1. The van der Waals surface area contributed by atoms with Crippen LogP contribution in [0.4, 0.5) is 4.39 Å². The summed E-state index contributed by atoms with van der Waals surface area (Å²) in [6, 6.07) is 6.03. The summed E-state index contributed by atoms with van der Waals surface area (Å²) in [4.78, 5) is 19.4. The normalized spacial score (nSPS) is 23.8. The molecule has 1 saturated heterocycles. The molecular formula is C19H22FN3O2. The van der Waals surface area contributed by atoms with Gasteiger partial charge in [-0.25, -0.2) is 4.39 Å². The molecule has 1 aliphatic heterocycles. The highest BCUT2D eigenvalue weighted by molar-refractivity contribution is 5.80. The summed E-state index contributed by atoms with van der Waals surface area (Å²) >= 11 is 0. The van der Waals surface area contributed by atoms with Crippen LogP contribution in [0, 0.1) is 11.7 Å². The van der Waals surface area contributed by atoms with Gasteiger partial charge in [0.15, 0.2) is 0 Å². The number of carbonyl (C=O) groups is 1. The smallest absolute Gasteiger partial charge is 0.230 e. The van der Waals surface area contributed by atoms with E-state index in [4.69, 9.17) is 4.52 Å². The van der Waals surface area contributed by atoms with E-state index in [0.717, 1.165) is 57.2 Å². The van der Waals surface area contributed by atoms with Gasteiger partial charge in [0.05, 0.1) is 5.92 Å². The quantitative estimate of drug-likeness (QED) is 0.851. The van der Waals surface area contributed by atoms with Crippen LogP contribution in [-0.2, 0) is 4.79 Å². The van der Waals surface area contributed by atoms with Crippen molar-refractivity contribution < 1.29 is 13.7 Å². The van der Waals surface area contributed by atoms with Crippen LogP contribution in [0.3, 0.4) is 0 Å². The summed E-state index contributed by atoms with van der Waals surface area (Å²) in [7, 11) is 0. The van der Waals surface area contributed by atoms with Gasteiger partial charge in [-0.05, 0) is 49.9 Å². The molecule has 4 rings (SSSR count). The third kappa shape index (κ3) is 3.30. The van der Waals surface area contributed by atoms with Crippen molar-refractivity contribution in [2.24, 2.45) is 5.92 Å². The summed E-state index contributed by atoms with van der Waals surface area (Å²) in [5.74, 6) is 0.862. The monoisotopic (exact) mass is 343 g/mol. The topological polar surface area (TPSA) is 59.2 Å². The van der Waals surface area contributed by atoms with Crippen LogP contribution in [0.2, 0.25) is 0 Å². The molecule has 1 aliphatic carbocycles. The Balaban J connectivity index is 1.56. The Hall–Kier alpha value is -2.24. The second kappa shape index (κ2) is 6.94. The van der Waals surface area contributed by atoms with Crippen LogP contribution >= 0.6 is 0 Å². The van der Waals surface area contributed by atoms with Crippen molar-refractivity contribution in [2.75, 3.05) is 13.1 Å². The van der Waals surface area contributed by atoms with Crippen molar-refractivity contribution in [1.82, 2.24) is 15.0 Å². The number of aromatic nitrogens is 2. The first-order valence-corrected chi connectivity index (χ1v) is 9.11. The third-order valence-electron chi connectivity index (χ3n) is 5.36. The second-order valence-electron chi connectivity index (χ2n) is 6.99. The van der Waals surface area contributed by atoms with Gasteiger partial charge in [-0.1, -0.05) is 18.0 Å². The van der Waals surface area contributed by atoms with Gasteiger partial charge in [0.2, 0.25) is 17.6 Å². The molecule has 2 heterocycles. The van der Waals surface area contributed by atoms with Gasteiger partial charge in [-0.3, -0.25) is 4.79 Å². The highest BCUT2D eigenvalue weighted by atomic mass is 19.1. The van der Waals surface area contributed by atoms with E-state index in [9.17, 15) is 9.18 Å². The SMILES string of the molecule is O=C([C@@H]1CCCC[C@@H]1c1nc(-c2ccc(F)cc2)no1)N1CCCC1. The van der Waals surface area contributed by atoms with Crippen LogP contribution in [-0.4, -0.2) is 34.0 Å². The Morgan fingerprint density at radius 1 is 1.08 bits per heavy atom. The maximum atomic E-state index is 13.1. The molecular weight excluding hydrogens is 321 g/mol. The van der Waals surface area contributed by atoms with E-state index >= 15 is 0 Å². The minimum atomic E-state index is -0.295. The first kappa shape index (κ1) is 16.2. The number of halogens is 1. The van der Waals surface area contributed by atoms with Gasteiger partial charge in [0.1, 0.15) is 5.82 Å². The fourth-order valence-corrected chi connectivity index (χ4v) is 4.00. The van der Waals surface area contributed by atoms with Crippen molar-refractivity contribution >= 4 is 5.91 Å². The second-order valence-corrected chi connectivity index (χ2v) is 6.99. The molecule has 0 N–H and O–H groups in total. The first-order valence-electron chi connectivity index (χ1n) is 9.11. The van der Waals surface area contributed by atoms with Gasteiger partial charge in [-0.15, -0.1) is 0 Å². The number of rotatable bonds is 3. The highest BCUT2D eigenvalue weighted by Gasteiger charge is 2.38. The van der Waals surface area contributed by atoms with Crippen LogP contribution in [0.1, 0.15) is 50.3 Å². The lowest BCUT2D eigenvalue weighted by Gasteiger charge is -2.31. The van der Waals surface area contributed by atoms with Crippen molar-refractivity contribution in [2.45, 2.75) is 44.4 Å². The fourth-order valence-electron chi connectivity index (χ4n) is 4.00. The molecule has 5 nitrogen and oxygen atoms in total. The lowest BCUT2D eigenvalue weighted by Crippen LogP contribution is -2.38. The molecule has 2 aliphatic rings. The molecule has 1 saturated carbocycles. The number of hydrogen-bond acceptors (Lipinski definition) is 4.